The second-order valence-electron chi connectivity index (χ2n) is 4.40. The van der Waals surface area contributed by atoms with Crippen LogP contribution in [0.4, 0.5) is 0 Å². The molecule has 0 bridgehead atoms. The summed E-state index contributed by atoms with van der Waals surface area (Å²) in [5.41, 5.74) is 0. The van der Waals surface area contributed by atoms with E-state index in [4.69, 9.17) is 14.2 Å². The van der Waals surface area contributed by atoms with Crippen LogP contribution in [-0.4, -0.2) is 25.1 Å². The Morgan fingerprint density at radius 2 is 2.06 bits per heavy atom. The highest BCUT2D eigenvalue weighted by atomic mass is 16.7. The highest BCUT2D eigenvalue weighted by Gasteiger charge is 2.32. The van der Waals surface area contributed by atoms with Crippen molar-refractivity contribution in [3.05, 3.63) is 30.3 Å². The van der Waals surface area contributed by atoms with Crippen LogP contribution in [0.3, 0.4) is 0 Å². The summed E-state index contributed by atoms with van der Waals surface area (Å²) >= 11 is 0. The average molecular weight is 222 g/mol. The fraction of sp³-hybridized carbons (Fsp3) is 0.538. The van der Waals surface area contributed by atoms with Gasteiger partial charge in [0.1, 0.15) is 5.75 Å². The van der Waals surface area contributed by atoms with Crippen LogP contribution < -0.4 is 4.74 Å². The highest BCUT2D eigenvalue weighted by molar-refractivity contribution is 5.20. The van der Waals surface area contributed by atoms with E-state index in [1.165, 1.54) is 0 Å². The smallest absolute Gasteiger partial charge is 0.163 e. The molecule has 1 aliphatic heterocycles. The summed E-state index contributed by atoms with van der Waals surface area (Å²) in [6.45, 7) is 5.19. The molecule has 1 aromatic carbocycles. The zero-order valence-electron chi connectivity index (χ0n) is 9.81. The predicted molar refractivity (Wildman–Crippen MR) is 61.5 cm³/mol. The van der Waals surface area contributed by atoms with E-state index in [-0.39, 0.29) is 6.10 Å². The number of hydrogen-bond acceptors (Lipinski definition) is 3. The maximum atomic E-state index is 5.68. The molecule has 1 saturated heterocycles. The summed E-state index contributed by atoms with van der Waals surface area (Å²) < 4.78 is 16.8. The van der Waals surface area contributed by atoms with Crippen LogP contribution in [0, 0.1) is 0 Å². The molecule has 1 heterocycles. The van der Waals surface area contributed by atoms with Crippen molar-refractivity contribution in [2.24, 2.45) is 0 Å². The third-order valence-electron chi connectivity index (χ3n) is 2.52. The maximum Gasteiger partial charge on any atom is 0.163 e. The van der Waals surface area contributed by atoms with E-state index in [1.54, 1.807) is 0 Å². The second-order valence-corrected chi connectivity index (χ2v) is 4.40. The van der Waals surface area contributed by atoms with Crippen molar-refractivity contribution >= 4 is 0 Å². The Balaban J connectivity index is 1.70. The third-order valence-corrected chi connectivity index (χ3v) is 2.52. The molecule has 0 radical (unpaired) electrons. The standard InChI is InChI=1S/C13H18O3/c1-13(2)15-10-12(16-13)8-9-14-11-6-4-3-5-7-11/h3-7,12H,8-10H2,1-2H3. The first-order chi connectivity index (χ1) is 7.66. The minimum atomic E-state index is -0.433. The van der Waals surface area contributed by atoms with Crippen LogP contribution in [0.25, 0.3) is 0 Å². The van der Waals surface area contributed by atoms with Gasteiger partial charge in [-0.3, -0.25) is 0 Å². The molecular weight excluding hydrogens is 204 g/mol. The van der Waals surface area contributed by atoms with Crippen LogP contribution in [-0.2, 0) is 9.47 Å². The Morgan fingerprint density at radius 3 is 2.69 bits per heavy atom. The molecule has 16 heavy (non-hydrogen) atoms. The number of rotatable bonds is 4. The van der Waals surface area contributed by atoms with E-state index in [0.29, 0.717) is 13.2 Å². The molecule has 0 saturated carbocycles. The normalized spacial score (nSPS) is 23.2. The van der Waals surface area contributed by atoms with E-state index in [0.717, 1.165) is 12.2 Å². The average Bonchev–Trinajstić information content (AvgIpc) is 2.60. The van der Waals surface area contributed by atoms with Crippen LogP contribution in [0.5, 0.6) is 5.75 Å². The summed E-state index contributed by atoms with van der Waals surface area (Å²) in [5, 5.41) is 0. The second kappa shape index (κ2) is 4.85. The van der Waals surface area contributed by atoms with Crippen molar-refractivity contribution in [3.8, 4) is 5.75 Å². The lowest BCUT2D eigenvalue weighted by Crippen LogP contribution is -2.22. The van der Waals surface area contributed by atoms with Gasteiger partial charge < -0.3 is 14.2 Å². The van der Waals surface area contributed by atoms with Crippen LogP contribution in [0.1, 0.15) is 20.3 Å². The third kappa shape index (κ3) is 3.22. The fourth-order valence-corrected chi connectivity index (χ4v) is 1.73. The van der Waals surface area contributed by atoms with Gasteiger partial charge in [0.25, 0.3) is 0 Å². The van der Waals surface area contributed by atoms with Crippen molar-refractivity contribution < 1.29 is 14.2 Å². The summed E-state index contributed by atoms with van der Waals surface area (Å²) in [7, 11) is 0. The molecule has 0 aromatic heterocycles. The lowest BCUT2D eigenvalue weighted by molar-refractivity contribution is -0.139. The fourth-order valence-electron chi connectivity index (χ4n) is 1.73. The molecule has 1 atom stereocenters. The molecule has 0 aliphatic carbocycles. The Morgan fingerprint density at radius 1 is 1.31 bits per heavy atom. The van der Waals surface area contributed by atoms with Crippen LogP contribution in [0.15, 0.2) is 30.3 Å². The SMILES string of the molecule is CC1(C)OCC(CCOc2ccccc2)O1. The monoisotopic (exact) mass is 222 g/mol. The lowest BCUT2D eigenvalue weighted by atomic mass is 10.3. The van der Waals surface area contributed by atoms with Crippen molar-refractivity contribution in [1.82, 2.24) is 0 Å². The minimum Gasteiger partial charge on any atom is -0.493 e. The van der Waals surface area contributed by atoms with Gasteiger partial charge >= 0.3 is 0 Å². The van der Waals surface area contributed by atoms with Gasteiger partial charge in [-0.1, -0.05) is 18.2 Å². The summed E-state index contributed by atoms with van der Waals surface area (Å²) in [5.74, 6) is 0.470. The van der Waals surface area contributed by atoms with Crippen LogP contribution >= 0.6 is 0 Å². The molecule has 0 N–H and O–H groups in total. The predicted octanol–water partition coefficient (Wildman–Crippen LogP) is 2.61. The van der Waals surface area contributed by atoms with Crippen molar-refractivity contribution in [2.45, 2.75) is 32.2 Å². The Hall–Kier alpha value is -1.06. The summed E-state index contributed by atoms with van der Waals surface area (Å²) in [6.07, 6.45) is 1.01. The van der Waals surface area contributed by atoms with E-state index >= 15 is 0 Å². The highest BCUT2D eigenvalue weighted by Crippen LogP contribution is 2.24. The van der Waals surface area contributed by atoms with E-state index in [9.17, 15) is 0 Å². The molecule has 1 fully saturated rings. The van der Waals surface area contributed by atoms with Crippen molar-refractivity contribution in [3.63, 3.8) is 0 Å². The van der Waals surface area contributed by atoms with Gasteiger partial charge in [-0.25, -0.2) is 0 Å². The largest absolute Gasteiger partial charge is 0.493 e. The van der Waals surface area contributed by atoms with Gasteiger partial charge in [-0.15, -0.1) is 0 Å². The molecular formula is C13H18O3. The number of para-hydroxylation sites is 1. The first-order valence-electron chi connectivity index (χ1n) is 5.65. The molecule has 1 unspecified atom stereocenters. The number of hydrogen-bond donors (Lipinski definition) is 0. The molecule has 2 rings (SSSR count). The van der Waals surface area contributed by atoms with Gasteiger partial charge in [0.2, 0.25) is 0 Å². The number of ether oxygens (including phenoxy) is 3. The molecule has 1 aromatic rings. The Kier molecular flexibility index (Phi) is 3.46. The molecule has 3 nitrogen and oxygen atoms in total. The van der Waals surface area contributed by atoms with E-state index in [2.05, 4.69) is 0 Å². The molecule has 88 valence electrons. The van der Waals surface area contributed by atoms with Crippen molar-refractivity contribution in [1.29, 1.82) is 0 Å². The Bertz CT molecular complexity index is 321. The van der Waals surface area contributed by atoms with Gasteiger partial charge in [-0.2, -0.15) is 0 Å². The zero-order chi connectivity index (χ0) is 11.4. The number of benzene rings is 1. The summed E-state index contributed by atoms with van der Waals surface area (Å²) in [4.78, 5) is 0. The molecule has 0 amide bonds. The first-order valence-corrected chi connectivity index (χ1v) is 5.65. The quantitative estimate of drug-likeness (QED) is 0.783. The minimum absolute atomic E-state index is 0.152. The lowest BCUT2D eigenvalue weighted by Gasteiger charge is -2.17. The summed E-state index contributed by atoms with van der Waals surface area (Å²) in [6, 6.07) is 9.82. The van der Waals surface area contributed by atoms with Gasteiger partial charge in [0, 0.05) is 6.42 Å². The molecule has 1 aliphatic rings. The molecule has 3 heteroatoms. The van der Waals surface area contributed by atoms with E-state index in [1.807, 2.05) is 44.2 Å². The van der Waals surface area contributed by atoms with Gasteiger partial charge in [0.05, 0.1) is 19.3 Å². The Labute approximate surface area is 96.3 Å². The van der Waals surface area contributed by atoms with E-state index < -0.39 is 5.79 Å². The van der Waals surface area contributed by atoms with Gasteiger partial charge in [-0.05, 0) is 26.0 Å². The van der Waals surface area contributed by atoms with Gasteiger partial charge in [0.15, 0.2) is 5.79 Å². The van der Waals surface area contributed by atoms with Crippen LogP contribution in [0.2, 0.25) is 0 Å². The van der Waals surface area contributed by atoms with Crippen molar-refractivity contribution in [2.75, 3.05) is 13.2 Å². The first kappa shape index (κ1) is 11.4. The topological polar surface area (TPSA) is 27.7 Å². The maximum absolute atomic E-state index is 5.68. The molecule has 0 spiro atoms. The zero-order valence-corrected chi connectivity index (χ0v) is 9.81.